The number of hydrogen-bond donors (Lipinski definition) is 2. The zero-order valence-corrected chi connectivity index (χ0v) is 6.89. The molecule has 7 heteroatoms. The molecule has 0 bridgehead atoms. The van der Waals surface area contributed by atoms with Gasteiger partial charge in [-0.15, -0.1) is 13.2 Å². The molecule has 1 unspecified atom stereocenters. The molecular weight excluding hydrogens is 191 g/mol. The van der Waals surface area contributed by atoms with Crippen LogP contribution in [0.3, 0.4) is 0 Å². The summed E-state index contributed by atoms with van der Waals surface area (Å²) in [4.78, 5) is 10.2. The van der Waals surface area contributed by atoms with Gasteiger partial charge < -0.3 is 10.4 Å². The molecule has 2 N–H and O–H groups in total. The van der Waals surface area contributed by atoms with Crippen LogP contribution in [0, 0.1) is 0 Å². The van der Waals surface area contributed by atoms with E-state index in [2.05, 4.69) is 10.1 Å². The van der Waals surface area contributed by atoms with Crippen LogP contribution in [0.4, 0.5) is 13.2 Å². The summed E-state index contributed by atoms with van der Waals surface area (Å²) in [6.07, 6.45) is -4.66. The lowest BCUT2D eigenvalue weighted by Gasteiger charge is -2.10. The number of halogens is 3. The zero-order valence-electron chi connectivity index (χ0n) is 6.89. The monoisotopic (exact) mass is 201 g/mol. The molecule has 0 radical (unpaired) electrons. The Morgan fingerprint density at radius 2 is 2.15 bits per heavy atom. The van der Waals surface area contributed by atoms with Gasteiger partial charge in [0, 0.05) is 6.54 Å². The van der Waals surface area contributed by atoms with Crippen molar-refractivity contribution in [1.82, 2.24) is 5.32 Å². The molecule has 0 heterocycles. The maximum atomic E-state index is 11.4. The van der Waals surface area contributed by atoms with Gasteiger partial charge in [0.2, 0.25) is 0 Å². The van der Waals surface area contributed by atoms with Crippen LogP contribution < -0.4 is 5.32 Å². The fraction of sp³-hybridized carbons (Fsp3) is 0.833. The SMILES string of the molecule is CC(NCCOC(F)(F)F)C(=O)O. The minimum Gasteiger partial charge on any atom is -0.480 e. The molecule has 0 amide bonds. The number of hydrogen-bond acceptors (Lipinski definition) is 3. The molecule has 0 saturated carbocycles. The highest BCUT2D eigenvalue weighted by Gasteiger charge is 2.28. The van der Waals surface area contributed by atoms with Crippen molar-refractivity contribution in [1.29, 1.82) is 0 Å². The number of nitrogens with one attached hydrogen (secondary N) is 1. The predicted molar refractivity (Wildman–Crippen MR) is 37.1 cm³/mol. The third-order valence-corrected chi connectivity index (χ3v) is 1.19. The second-order valence-electron chi connectivity index (χ2n) is 2.31. The highest BCUT2D eigenvalue weighted by atomic mass is 19.4. The smallest absolute Gasteiger partial charge is 0.480 e. The van der Waals surface area contributed by atoms with Gasteiger partial charge in [0.1, 0.15) is 6.04 Å². The third kappa shape index (κ3) is 7.54. The van der Waals surface area contributed by atoms with Gasteiger partial charge in [0.15, 0.2) is 0 Å². The van der Waals surface area contributed by atoms with E-state index in [9.17, 15) is 18.0 Å². The number of rotatable bonds is 5. The number of aliphatic carboxylic acids is 1. The first-order valence-corrected chi connectivity index (χ1v) is 3.50. The van der Waals surface area contributed by atoms with Crippen molar-refractivity contribution in [2.24, 2.45) is 0 Å². The van der Waals surface area contributed by atoms with Crippen molar-refractivity contribution in [3.8, 4) is 0 Å². The van der Waals surface area contributed by atoms with E-state index in [0.29, 0.717) is 0 Å². The lowest BCUT2D eigenvalue weighted by Crippen LogP contribution is -2.36. The van der Waals surface area contributed by atoms with E-state index in [-0.39, 0.29) is 6.54 Å². The normalized spacial score (nSPS) is 14.2. The summed E-state index contributed by atoms with van der Waals surface area (Å²) in [5, 5.41) is 10.6. The Bertz CT molecular complexity index is 171. The highest BCUT2D eigenvalue weighted by molar-refractivity contribution is 5.72. The minimum atomic E-state index is -4.66. The van der Waals surface area contributed by atoms with Gasteiger partial charge in [-0.05, 0) is 6.92 Å². The first-order chi connectivity index (χ1) is 5.83. The van der Waals surface area contributed by atoms with E-state index in [0.717, 1.165) is 0 Å². The zero-order chi connectivity index (χ0) is 10.5. The number of ether oxygens (including phenoxy) is 1. The van der Waals surface area contributed by atoms with Gasteiger partial charge in [-0.2, -0.15) is 0 Å². The molecule has 0 fully saturated rings. The van der Waals surface area contributed by atoms with E-state index in [1.165, 1.54) is 6.92 Å². The average Bonchev–Trinajstić information content (AvgIpc) is 1.95. The third-order valence-electron chi connectivity index (χ3n) is 1.19. The Morgan fingerprint density at radius 3 is 2.54 bits per heavy atom. The fourth-order valence-corrected chi connectivity index (χ4v) is 0.530. The second kappa shape index (κ2) is 5.03. The molecule has 0 rings (SSSR count). The van der Waals surface area contributed by atoms with Crippen molar-refractivity contribution in [3.05, 3.63) is 0 Å². The number of carbonyl (C=O) groups is 1. The summed E-state index contributed by atoms with van der Waals surface area (Å²) in [6, 6.07) is -0.878. The van der Waals surface area contributed by atoms with E-state index in [1.54, 1.807) is 0 Å². The largest absolute Gasteiger partial charge is 0.522 e. The molecule has 4 nitrogen and oxygen atoms in total. The Morgan fingerprint density at radius 1 is 1.62 bits per heavy atom. The molecule has 1 atom stereocenters. The van der Waals surface area contributed by atoms with Gasteiger partial charge in [-0.25, -0.2) is 0 Å². The van der Waals surface area contributed by atoms with Crippen LogP contribution in [0.1, 0.15) is 6.92 Å². The van der Waals surface area contributed by atoms with Gasteiger partial charge >= 0.3 is 12.3 Å². The summed E-state index contributed by atoms with van der Waals surface area (Å²) in [5.74, 6) is -1.12. The second-order valence-corrected chi connectivity index (χ2v) is 2.31. The van der Waals surface area contributed by atoms with Gasteiger partial charge in [-0.3, -0.25) is 9.53 Å². The van der Waals surface area contributed by atoms with Crippen LogP contribution in [-0.4, -0.2) is 36.6 Å². The van der Waals surface area contributed by atoms with Crippen molar-refractivity contribution in [2.45, 2.75) is 19.3 Å². The van der Waals surface area contributed by atoms with E-state index < -0.39 is 25.0 Å². The topological polar surface area (TPSA) is 58.6 Å². The van der Waals surface area contributed by atoms with Crippen LogP contribution in [0.2, 0.25) is 0 Å². The summed E-state index contributed by atoms with van der Waals surface area (Å²) >= 11 is 0. The van der Waals surface area contributed by atoms with Crippen molar-refractivity contribution < 1.29 is 27.8 Å². The molecule has 0 saturated heterocycles. The van der Waals surface area contributed by atoms with Crippen LogP contribution in [0.25, 0.3) is 0 Å². The fourth-order valence-electron chi connectivity index (χ4n) is 0.530. The summed E-state index contributed by atoms with van der Waals surface area (Å²) in [5.41, 5.74) is 0. The molecule has 0 aromatic carbocycles. The Balaban J connectivity index is 3.41. The first kappa shape index (κ1) is 12.2. The molecule has 0 aliphatic heterocycles. The standard InChI is InChI=1S/C6H10F3NO3/c1-4(5(11)12)10-2-3-13-6(7,8)9/h4,10H,2-3H2,1H3,(H,11,12). The van der Waals surface area contributed by atoms with Gasteiger partial charge in [0.25, 0.3) is 0 Å². The molecule has 0 aromatic rings. The molecule has 0 aromatic heterocycles. The Hall–Kier alpha value is -0.820. The average molecular weight is 201 g/mol. The molecule has 0 aliphatic carbocycles. The highest BCUT2D eigenvalue weighted by Crippen LogP contribution is 2.15. The summed E-state index contributed by atoms with van der Waals surface area (Å²) in [6.45, 7) is 0.573. The minimum absolute atomic E-state index is 0.160. The van der Waals surface area contributed by atoms with E-state index in [1.807, 2.05) is 0 Å². The van der Waals surface area contributed by atoms with Crippen molar-refractivity contribution >= 4 is 5.97 Å². The number of carboxylic acids is 1. The van der Waals surface area contributed by atoms with Crippen LogP contribution >= 0.6 is 0 Å². The van der Waals surface area contributed by atoms with Crippen LogP contribution in [-0.2, 0) is 9.53 Å². The van der Waals surface area contributed by atoms with E-state index >= 15 is 0 Å². The summed E-state index contributed by atoms with van der Waals surface area (Å²) < 4.78 is 37.5. The van der Waals surface area contributed by atoms with Crippen molar-refractivity contribution in [3.63, 3.8) is 0 Å². The lowest BCUT2D eigenvalue weighted by atomic mass is 10.3. The number of alkyl halides is 3. The van der Waals surface area contributed by atoms with Gasteiger partial charge in [0.05, 0.1) is 6.61 Å². The molecule has 0 aliphatic rings. The Kier molecular flexibility index (Phi) is 4.71. The number of carboxylic acid groups (broad SMARTS) is 1. The maximum Gasteiger partial charge on any atom is 0.522 e. The lowest BCUT2D eigenvalue weighted by molar-refractivity contribution is -0.323. The molecular formula is C6H10F3NO3. The van der Waals surface area contributed by atoms with Crippen LogP contribution in [0.5, 0.6) is 0 Å². The van der Waals surface area contributed by atoms with E-state index in [4.69, 9.17) is 5.11 Å². The first-order valence-electron chi connectivity index (χ1n) is 3.50. The maximum absolute atomic E-state index is 11.4. The quantitative estimate of drug-likeness (QED) is 0.639. The van der Waals surface area contributed by atoms with Crippen LogP contribution in [0.15, 0.2) is 0 Å². The molecule has 0 spiro atoms. The Labute approximate surface area is 72.7 Å². The predicted octanol–water partition coefficient (Wildman–Crippen LogP) is 0.586. The summed E-state index contributed by atoms with van der Waals surface area (Å²) in [7, 11) is 0. The molecule has 78 valence electrons. The molecule has 13 heavy (non-hydrogen) atoms. The van der Waals surface area contributed by atoms with Crippen molar-refractivity contribution in [2.75, 3.05) is 13.2 Å². The van der Waals surface area contributed by atoms with Gasteiger partial charge in [-0.1, -0.05) is 0 Å².